The molecule has 0 bridgehead atoms. The summed E-state index contributed by atoms with van der Waals surface area (Å²) in [6, 6.07) is 0. The van der Waals surface area contributed by atoms with Gasteiger partial charge in [-0.05, 0) is 52.0 Å². The van der Waals surface area contributed by atoms with Crippen molar-refractivity contribution in [1.29, 1.82) is 0 Å². The van der Waals surface area contributed by atoms with Gasteiger partial charge in [0.1, 0.15) is 0 Å². The minimum Gasteiger partial charge on any atom is -0.396 e. The summed E-state index contributed by atoms with van der Waals surface area (Å²) in [5.74, 6) is 0.664. The molecule has 1 atom stereocenters. The first-order chi connectivity index (χ1) is 10.2. The summed E-state index contributed by atoms with van der Waals surface area (Å²) in [6.07, 6.45) is 8.46. The summed E-state index contributed by atoms with van der Waals surface area (Å²) < 4.78 is 1.97. The Kier molecular flexibility index (Phi) is 6.39. The molecule has 0 aliphatic carbocycles. The highest BCUT2D eigenvalue weighted by Crippen LogP contribution is 2.18. The predicted molar refractivity (Wildman–Crippen MR) is 84.0 cm³/mol. The fourth-order valence-corrected chi connectivity index (χ4v) is 2.84. The molecule has 1 unspecified atom stereocenters. The molecule has 21 heavy (non-hydrogen) atoms. The van der Waals surface area contributed by atoms with E-state index in [4.69, 9.17) is 5.11 Å². The molecule has 1 aromatic rings. The minimum atomic E-state index is 0.217. The highest BCUT2D eigenvalue weighted by molar-refractivity contribution is 4.96. The Morgan fingerprint density at radius 3 is 3.10 bits per heavy atom. The van der Waals surface area contributed by atoms with Crippen LogP contribution < -0.4 is 0 Å². The van der Waals surface area contributed by atoms with Gasteiger partial charge >= 0.3 is 0 Å². The van der Waals surface area contributed by atoms with E-state index in [2.05, 4.69) is 35.1 Å². The van der Waals surface area contributed by atoms with Crippen molar-refractivity contribution in [2.45, 2.75) is 46.1 Å². The fourth-order valence-electron chi connectivity index (χ4n) is 2.84. The molecule has 0 amide bonds. The Labute approximate surface area is 127 Å². The number of rotatable bonds is 7. The van der Waals surface area contributed by atoms with Crippen LogP contribution in [-0.4, -0.2) is 51.2 Å². The quantitative estimate of drug-likeness (QED) is 0.780. The van der Waals surface area contributed by atoms with Gasteiger partial charge in [0, 0.05) is 32.4 Å². The zero-order valence-electron chi connectivity index (χ0n) is 13.3. The predicted octanol–water partition coefficient (Wildman–Crippen LogP) is 1.88. The molecule has 1 aromatic heterocycles. The summed E-state index contributed by atoms with van der Waals surface area (Å²) in [5, 5.41) is 17.2. The summed E-state index contributed by atoms with van der Waals surface area (Å²) in [4.78, 5) is 2.53. The Hall–Kier alpha value is -1.20. The van der Waals surface area contributed by atoms with Crippen molar-refractivity contribution in [1.82, 2.24) is 19.9 Å². The van der Waals surface area contributed by atoms with Gasteiger partial charge in [-0.15, -0.1) is 5.10 Å². The summed E-state index contributed by atoms with van der Waals surface area (Å²) in [6.45, 7) is 8.91. The topological polar surface area (TPSA) is 54.2 Å². The molecule has 1 saturated heterocycles. The minimum absolute atomic E-state index is 0.217. The molecule has 5 nitrogen and oxygen atoms in total. The molecule has 0 saturated carbocycles. The number of hydrogen-bond donors (Lipinski definition) is 1. The van der Waals surface area contributed by atoms with E-state index in [0.29, 0.717) is 5.92 Å². The van der Waals surface area contributed by atoms with Crippen molar-refractivity contribution < 1.29 is 5.11 Å². The van der Waals surface area contributed by atoms with Gasteiger partial charge in [0.05, 0.1) is 5.69 Å². The number of aryl methyl sites for hydroxylation is 1. The second-order valence-electron chi connectivity index (χ2n) is 6.31. The van der Waals surface area contributed by atoms with Crippen molar-refractivity contribution in [2.75, 3.05) is 26.2 Å². The second-order valence-corrected chi connectivity index (χ2v) is 6.31. The van der Waals surface area contributed by atoms with Crippen LogP contribution in [0.2, 0.25) is 0 Å². The Balaban J connectivity index is 1.81. The lowest BCUT2D eigenvalue weighted by molar-refractivity contribution is 0.173. The number of piperidine rings is 1. The first-order valence-electron chi connectivity index (χ1n) is 8.03. The van der Waals surface area contributed by atoms with Gasteiger partial charge in [-0.1, -0.05) is 16.9 Å². The van der Waals surface area contributed by atoms with Crippen molar-refractivity contribution in [3.8, 4) is 0 Å². The number of aliphatic hydroxyl groups excluding tert-OH is 1. The molecule has 5 heteroatoms. The van der Waals surface area contributed by atoms with Crippen LogP contribution in [0.25, 0.3) is 0 Å². The van der Waals surface area contributed by atoms with Gasteiger partial charge in [0.25, 0.3) is 0 Å². The maximum absolute atomic E-state index is 8.85. The Bertz CT molecular complexity index is 451. The first-order valence-corrected chi connectivity index (χ1v) is 8.03. The molecule has 1 aliphatic rings. The number of hydrogen-bond acceptors (Lipinski definition) is 4. The van der Waals surface area contributed by atoms with Crippen molar-refractivity contribution >= 4 is 0 Å². The van der Waals surface area contributed by atoms with E-state index in [9.17, 15) is 0 Å². The third-order valence-electron chi connectivity index (χ3n) is 3.98. The van der Waals surface area contributed by atoms with Crippen molar-refractivity contribution in [3.63, 3.8) is 0 Å². The average Bonchev–Trinajstić information content (AvgIpc) is 2.91. The summed E-state index contributed by atoms with van der Waals surface area (Å²) >= 11 is 0. The highest BCUT2D eigenvalue weighted by atomic mass is 16.2. The second kappa shape index (κ2) is 8.29. The van der Waals surface area contributed by atoms with E-state index in [1.54, 1.807) is 0 Å². The Morgan fingerprint density at radius 2 is 2.33 bits per heavy atom. The smallest absolute Gasteiger partial charge is 0.0828 e. The number of aliphatic hydroxyl groups is 1. The first kappa shape index (κ1) is 16.2. The zero-order chi connectivity index (χ0) is 15.1. The van der Waals surface area contributed by atoms with Crippen LogP contribution in [-0.2, 0) is 13.0 Å². The van der Waals surface area contributed by atoms with Crippen LogP contribution in [0.4, 0.5) is 0 Å². The van der Waals surface area contributed by atoms with Crippen molar-refractivity contribution in [3.05, 3.63) is 23.5 Å². The van der Waals surface area contributed by atoms with Gasteiger partial charge in [-0.2, -0.15) is 0 Å². The van der Waals surface area contributed by atoms with E-state index in [0.717, 1.165) is 38.2 Å². The number of allylic oxidation sites excluding steroid dienone is 1. The third kappa shape index (κ3) is 5.59. The maximum atomic E-state index is 8.85. The van der Waals surface area contributed by atoms with Crippen LogP contribution in [0.3, 0.4) is 0 Å². The largest absolute Gasteiger partial charge is 0.396 e. The van der Waals surface area contributed by atoms with Crippen LogP contribution in [0.5, 0.6) is 0 Å². The lowest BCUT2D eigenvalue weighted by atomic mass is 9.98. The van der Waals surface area contributed by atoms with E-state index >= 15 is 0 Å². The molecule has 1 fully saturated rings. The van der Waals surface area contributed by atoms with Crippen molar-refractivity contribution in [2.24, 2.45) is 5.92 Å². The molecule has 2 heterocycles. The van der Waals surface area contributed by atoms with E-state index in [-0.39, 0.29) is 6.61 Å². The van der Waals surface area contributed by atoms with Gasteiger partial charge < -0.3 is 5.11 Å². The van der Waals surface area contributed by atoms with Crippen LogP contribution >= 0.6 is 0 Å². The molecular formula is C16H28N4O. The number of aromatic nitrogens is 3. The van der Waals surface area contributed by atoms with Gasteiger partial charge in [-0.3, -0.25) is 9.58 Å². The molecule has 1 aliphatic heterocycles. The maximum Gasteiger partial charge on any atom is 0.0828 e. The zero-order valence-corrected chi connectivity index (χ0v) is 13.3. The standard InChI is InChI=1S/C16H28N4O/c1-14(2)7-9-19-8-3-5-15(11-19)12-20-13-16(17-18-20)6-4-10-21/h7,13,15,21H,3-6,8-12H2,1-2H3. The van der Waals surface area contributed by atoms with Gasteiger partial charge in [-0.25, -0.2) is 0 Å². The highest BCUT2D eigenvalue weighted by Gasteiger charge is 2.20. The summed E-state index contributed by atoms with van der Waals surface area (Å²) in [7, 11) is 0. The normalized spacial score (nSPS) is 19.7. The van der Waals surface area contributed by atoms with Crippen LogP contribution in [0.15, 0.2) is 17.8 Å². The van der Waals surface area contributed by atoms with Crippen LogP contribution in [0, 0.1) is 5.92 Å². The molecule has 1 N–H and O–H groups in total. The SMILES string of the molecule is CC(C)=CCN1CCCC(Cn2cc(CCCO)nn2)C1. The molecule has 0 aromatic carbocycles. The van der Waals surface area contributed by atoms with E-state index in [1.165, 1.54) is 25.0 Å². The lowest BCUT2D eigenvalue weighted by Gasteiger charge is -2.31. The molecule has 0 radical (unpaired) electrons. The molecular weight excluding hydrogens is 264 g/mol. The van der Waals surface area contributed by atoms with Gasteiger partial charge in [0.15, 0.2) is 0 Å². The fraction of sp³-hybridized carbons (Fsp3) is 0.750. The van der Waals surface area contributed by atoms with Gasteiger partial charge in [0.2, 0.25) is 0 Å². The molecule has 118 valence electrons. The van der Waals surface area contributed by atoms with E-state index in [1.807, 2.05) is 10.9 Å². The monoisotopic (exact) mass is 292 g/mol. The lowest BCUT2D eigenvalue weighted by Crippen LogP contribution is -2.37. The number of nitrogens with zero attached hydrogens (tertiary/aromatic N) is 4. The third-order valence-corrected chi connectivity index (χ3v) is 3.98. The molecule has 2 rings (SSSR count). The van der Waals surface area contributed by atoms with E-state index < -0.39 is 0 Å². The van der Waals surface area contributed by atoms with Crippen LogP contribution in [0.1, 0.15) is 38.8 Å². The average molecular weight is 292 g/mol. The molecule has 0 spiro atoms. The Morgan fingerprint density at radius 1 is 1.48 bits per heavy atom. The summed E-state index contributed by atoms with van der Waals surface area (Å²) in [5.41, 5.74) is 2.38. The number of likely N-dealkylation sites (tertiary alicyclic amines) is 1.